The molecule has 1 aromatic carbocycles. The Morgan fingerprint density at radius 2 is 1.95 bits per heavy atom. The number of hydrogen-bond donors (Lipinski definition) is 2. The van der Waals surface area contributed by atoms with Crippen molar-refractivity contribution in [2.24, 2.45) is 0 Å². The van der Waals surface area contributed by atoms with Crippen LogP contribution in [0.25, 0.3) is 0 Å². The molecule has 0 unspecified atom stereocenters. The summed E-state index contributed by atoms with van der Waals surface area (Å²) in [5, 5.41) is 11.6. The first-order valence-electron chi connectivity index (χ1n) is 6.21. The van der Waals surface area contributed by atoms with Gasteiger partial charge >= 0.3 is 5.97 Å². The Bertz CT molecular complexity index is 536. The van der Waals surface area contributed by atoms with Crippen molar-refractivity contribution in [3.8, 4) is 11.8 Å². The van der Waals surface area contributed by atoms with Crippen molar-refractivity contribution in [1.29, 1.82) is 0 Å². The summed E-state index contributed by atoms with van der Waals surface area (Å²) in [5.74, 6) is 3.96. The third-order valence-electron chi connectivity index (χ3n) is 3.27. The van der Waals surface area contributed by atoms with Crippen LogP contribution in [-0.2, 0) is 9.59 Å². The van der Waals surface area contributed by atoms with E-state index in [0.29, 0.717) is 12.8 Å². The summed E-state index contributed by atoms with van der Waals surface area (Å²) in [4.78, 5) is 22.5. The molecule has 1 aliphatic rings. The molecule has 4 heteroatoms. The number of aliphatic carboxylic acids is 1. The average Bonchev–Trinajstić information content (AvgIpc) is 2.34. The second-order valence-electron chi connectivity index (χ2n) is 4.77. The maximum atomic E-state index is 11.7. The highest BCUT2D eigenvalue weighted by Gasteiger charge is 2.40. The maximum Gasteiger partial charge on any atom is 0.305 e. The van der Waals surface area contributed by atoms with Crippen LogP contribution in [0.4, 0.5) is 0 Å². The van der Waals surface area contributed by atoms with Gasteiger partial charge in [-0.15, -0.1) is 0 Å². The van der Waals surface area contributed by atoms with E-state index in [4.69, 9.17) is 5.11 Å². The Balaban J connectivity index is 1.98. The molecule has 1 saturated carbocycles. The van der Waals surface area contributed by atoms with Crippen LogP contribution in [0, 0.1) is 11.8 Å². The zero-order valence-corrected chi connectivity index (χ0v) is 10.5. The van der Waals surface area contributed by atoms with E-state index in [2.05, 4.69) is 17.2 Å². The van der Waals surface area contributed by atoms with E-state index in [1.165, 1.54) is 0 Å². The molecular formula is C15H15NO3. The van der Waals surface area contributed by atoms with Crippen molar-refractivity contribution in [3.63, 3.8) is 0 Å². The fourth-order valence-electron chi connectivity index (χ4n) is 2.16. The maximum absolute atomic E-state index is 11.7. The van der Waals surface area contributed by atoms with Gasteiger partial charge in [-0.05, 0) is 31.4 Å². The Kier molecular flexibility index (Phi) is 3.86. The molecule has 0 spiro atoms. The number of carboxylic acid groups (broad SMARTS) is 1. The second kappa shape index (κ2) is 5.57. The van der Waals surface area contributed by atoms with E-state index >= 15 is 0 Å². The Hall–Kier alpha value is -2.28. The predicted molar refractivity (Wildman–Crippen MR) is 70.3 cm³/mol. The van der Waals surface area contributed by atoms with Crippen LogP contribution in [0.1, 0.15) is 31.2 Å². The molecule has 19 heavy (non-hydrogen) atoms. The summed E-state index contributed by atoms with van der Waals surface area (Å²) >= 11 is 0. The van der Waals surface area contributed by atoms with Crippen molar-refractivity contribution in [2.75, 3.05) is 0 Å². The Morgan fingerprint density at radius 3 is 2.47 bits per heavy atom. The molecule has 1 aromatic rings. The lowest BCUT2D eigenvalue weighted by atomic mass is 9.74. The largest absolute Gasteiger partial charge is 0.481 e. The van der Waals surface area contributed by atoms with Crippen LogP contribution < -0.4 is 5.32 Å². The molecule has 1 fully saturated rings. The van der Waals surface area contributed by atoms with Gasteiger partial charge in [0, 0.05) is 11.5 Å². The first-order valence-corrected chi connectivity index (χ1v) is 6.21. The number of nitrogens with one attached hydrogen (secondary N) is 1. The zero-order chi connectivity index (χ0) is 13.7. The fourth-order valence-corrected chi connectivity index (χ4v) is 2.16. The van der Waals surface area contributed by atoms with Gasteiger partial charge in [0.2, 0.25) is 0 Å². The monoisotopic (exact) mass is 257 g/mol. The van der Waals surface area contributed by atoms with Crippen LogP contribution in [0.2, 0.25) is 0 Å². The molecule has 0 radical (unpaired) electrons. The van der Waals surface area contributed by atoms with E-state index in [1.54, 1.807) is 0 Å². The summed E-state index contributed by atoms with van der Waals surface area (Å²) in [6, 6.07) is 9.20. The van der Waals surface area contributed by atoms with Crippen molar-refractivity contribution in [1.82, 2.24) is 5.32 Å². The normalized spacial score (nSPS) is 15.6. The molecule has 0 atom stereocenters. The summed E-state index contributed by atoms with van der Waals surface area (Å²) in [5.41, 5.74) is 0.174. The van der Waals surface area contributed by atoms with E-state index in [-0.39, 0.29) is 6.42 Å². The standard InChI is InChI=1S/C15H15NO3/c17-13(8-7-12-5-2-1-3-6-12)16-15(9-4-10-15)11-14(18)19/h1-3,5-6H,4,9-11H2,(H,16,17)(H,18,19). The van der Waals surface area contributed by atoms with Gasteiger partial charge in [-0.2, -0.15) is 0 Å². The lowest BCUT2D eigenvalue weighted by molar-refractivity contribution is -0.140. The lowest BCUT2D eigenvalue weighted by Gasteiger charge is -2.40. The number of hydrogen-bond acceptors (Lipinski definition) is 2. The second-order valence-corrected chi connectivity index (χ2v) is 4.77. The minimum absolute atomic E-state index is 0.0360. The number of carbonyl (C=O) groups is 2. The smallest absolute Gasteiger partial charge is 0.305 e. The highest BCUT2D eigenvalue weighted by Crippen LogP contribution is 2.34. The summed E-state index contributed by atoms with van der Waals surface area (Å²) in [6.45, 7) is 0. The van der Waals surface area contributed by atoms with Crippen LogP contribution in [-0.4, -0.2) is 22.5 Å². The number of rotatable bonds is 3. The van der Waals surface area contributed by atoms with E-state index in [9.17, 15) is 9.59 Å². The summed E-state index contributed by atoms with van der Waals surface area (Å²) in [7, 11) is 0. The molecule has 0 aromatic heterocycles. The van der Waals surface area contributed by atoms with Gasteiger partial charge in [0.05, 0.1) is 12.0 Å². The van der Waals surface area contributed by atoms with Crippen molar-refractivity contribution < 1.29 is 14.7 Å². The average molecular weight is 257 g/mol. The number of benzene rings is 1. The van der Waals surface area contributed by atoms with Crippen molar-refractivity contribution in [3.05, 3.63) is 35.9 Å². The van der Waals surface area contributed by atoms with Crippen LogP contribution in [0.3, 0.4) is 0 Å². The lowest BCUT2D eigenvalue weighted by Crippen LogP contribution is -2.54. The van der Waals surface area contributed by atoms with Gasteiger partial charge in [-0.3, -0.25) is 9.59 Å². The van der Waals surface area contributed by atoms with Crippen molar-refractivity contribution >= 4 is 11.9 Å². The first-order chi connectivity index (χ1) is 9.10. The van der Waals surface area contributed by atoms with Gasteiger partial charge in [0.15, 0.2) is 0 Å². The Morgan fingerprint density at radius 1 is 1.26 bits per heavy atom. The minimum atomic E-state index is -0.893. The molecule has 2 rings (SSSR count). The number of carbonyl (C=O) groups excluding carboxylic acids is 1. The fraction of sp³-hybridized carbons (Fsp3) is 0.333. The van der Waals surface area contributed by atoms with E-state index in [0.717, 1.165) is 12.0 Å². The van der Waals surface area contributed by atoms with Crippen LogP contribution >= 0.6 is 0 Å². The van der Waals surface area contributed by atoms with Gasteiger partial charge in [-0.25, -0.2) is 0 Å². The third kappa shape index (κ3) is 3.59. The number of amides is 1. The molecule has 0 aliphatic heterocycles. The van der Waals surface area contributed by atoms with Crippen LogP contribution in [0.5, 0.6) is 0 Å². The molecular weight excluding hydrogens is 242 g/mol. The highest BCUT2D eigenvalue weighted by atomic mass is 16.4. The van der Waals surface area contributed by atoms with Gasteiger partial charge in [0.1, 0.15) is 0 Å². The van der Waals surface area contributed by atoms with Gasteiger partial charge in [-0.1, -0.05) is 24.1 Å². The van der Waals surface area contributed by atoms with E-state index in [1.807, 2.05) is 30.3 Å². The number of carboxylic acids is 1. The molecule has 98 valence electrons. The van der Waals surface area contributed by atoms with Crippen LogP contribution in [0.15, 0.2) is 30.3 Å². The molecule has 0 heterocycles. The third-order valence-corrected chi connectivity index (χ3v) is 3.27. The summed E-state index contributed by atoms with van der Waals surface area (Å²) in [6.07, 6.45) is 2.32. The van der Waals surface area contributed by atoms with Gasteiger partial charge in [0.25, 0.3) is 5.91 Å². The zero-order valence-electron chi connectivity index (χ0n) is 10.5. The highest BCUT2D eigenvalue weighted by molar-refractivity contribution is 5.95. The van der Waals surface area contributed by atoms with E-state index < -0.39 is 17.4 Å². The molecule has 4 nitrogen and oxygen atoms in total. The molecule has 0 saturated heterocycles. The summed E-state index contributed by atoms with van der Waals surface area (Å²) < 4.78 is 0. The Labute approximate surface area is 111 Å². The SMILES string of the molecule is O=C(O)CC1(NC(=O)C#Cc2ccccc2)CCC1. The molecule has 0 bridgehead atoms. The quantitative estimate of drug-likeness (QED) is 0.807. The molecule has 1 amide bonds. The topological polar surface area (TPSA) is 66.4 Å². The van der Waals surface area contributed by atoms with Crippen molar-refractivity contribution in [2.45, 2.75) is 31.2 Å². The van der Waals surface area contributed by atoms with Gasteiger partial charge < -0.3 is 10.4 Å². The first kappa shape index (κ1) is 13.2. The predicted octanol–water partition coefficient (Wildman–Crippen LogP) is 1.55. The molecule has 1 aliphatic carbocycles. The minimum Gasteiger partial charge on any atom is -0.481 e. The molecule has 2 N–H and O–H groups in total.